The van der Waals surface area contributed by atoms with Gasteiger partial charge in [-0.05, 0) is 6.07 Å². The van der Waals surface area contributed by atoms with Crippen LogP contribution < -0.4 is 4.84 Å². The van der Waals surface area contributed by atoms with Crippen molar-refractivity contribution in [3.8, 4) is 0 Å². The summed E-state index contributed by atoms with van der Waals surface area (Å²) in [6.45, 7) is 0. The number of rotatable bonds is 1. The Morgan fingerprint density at radius 3 is 2.60 bits per heavy atom. The SMILES string of the molecule is FC(F)(F)On1cc[c]n1. The predicted molar refractivity (Wildman–Crippen MR) is 23.7 cm³/mol. The van der Waals surface area contributed by atoms with Gasteiger partial charge in [-0.3, -0.25) is 4.84 Å². The molecule has 0 bridgehead atoms. The van der Waals surface area contributed by atoms with Crippen LogP contribution in [0.15, 0.2) is 12.3 Å². The van der Waals surface area contributed by atoms with Crippen molar-refractivity contribution in [2.45, 2.75) is 6.36 Å². The molecule has 0 fully saturated rings. The van der Waals surface area contributed by atoms with Gasteiger partial charge in [0.15, 0.2) is 0 Å². The van der Waals surface area contributed by atoms with E-state index in [0.717, 1.165) is 6.20 Å². The Labute approximate surface area is 54.0 Å². The molecule has 6 heteroatoms. The van der Waals surface area contributed by atoms with Gasteiger partial charge >= 0.3 is 6.36 Å². The van der Waals surface area contributed by atoms with Gasteiger partial charge in [-0.1, -0.05) is 4.85 Å². The summed E-state index contributed by atoms with van der Waals surface area (Å²) < 4.78 is 34.0. The van der Waals surface area contributed by atoms with E-state index in [9.17, 15) is 13.2 Å². The van der Waals surface area contributed by atoms with Crippen LogP contribution in [0.3, 0.4) is 0 Å². The summed E-state index contributed by atoms with van der Waals surface area (Å²) >= 11 is 0. The fourth-order valence-corrected chi connectivity index (χ4v) is 0.378. The maximum atomic E-state index is 11.3. The highest BCUT2D eigenvalue weighted by Gasteiger charge is 2.32. The number of aromatic nitrogens is 2. The number of alkyl halides is 3. The molecular weight excluding hydrogens is 149 g/mol. The van der Waals surface area contributed by atoms with E-state index in [-0.39, 0.29) is 4.85 Å². The highest BCUT2D eigenvalue weighted by molar-refractivity contribution is 4.72. The maximum Gasteiger partial charge on any atom is 0.593 e. The Balaban J connectivity index is 2.57. The second-order valence-electron chi connectivity index (χ2n) is 1.38. The van der Waals surface area contributed by atoms with E-state index in [1.807, 2.05) is 0 Å². The molecule has 0 amide bonds. The normalized spacial score (nSPS) is 11.5. The first-order valence-electron chi connectivity index (χ1n) is 2.26. The third-order valence-corrected chi connectivity index (χ3v) is 0.630. The van der Waals surface area contributed by atoms with Crippen molar-refractivity contribution in [2.75, 3.05) is 0 Å². The van der Waals surface area contributed by atoms with Crippen molar-refractivity contribution in [3.63, 3.8) is 0 Å². The van der Waals surface area contributed by atoms with Gasteiger partial charge in [0.1, 0.15) is 6.20 Å². The van der Waals surface area contributed by atoms with Crippen LogP contribution in [0.2, 0.25) is 0 Å². The molecule has 55 valence electrons. The van der Waals surface area contributed by atoms with E-state index >= 15 is 0 Å². The Bertz CT molecular complexity index is 193. The zero-order chi connectivity index (χ0) is 7.61. The predicted octanol–water partition coefficient (Wildman–Crippen LogP) is 0.632. The Morgan fingerprint density at radius 1 is 1.50 bits per heavy atom. The van der Waals surface area contributed by atoms with Crippen LogP contribution in [0.5, 0.6) is 0 Å². The van der Waals surface area contributed by atoms with Crippen molar-refractivity contribution in [2.24, 2.45) is 0 Å². The fourth-order valence-electron chi connectivity index (χ4n) is 0.378. The van der Waals surface area contributed by atoms with Crippen molar-refractivity contribution in [1.29, 1.82) is 0 Å². The van der Waals surface area contributed by atoms with E-state index in [1.165, 1.54) is 6.07 Å². The first kappa shape index (κ1) is 6.91. The zero-order valence-corrected chi connectivity index (χ0v) is 4.59. The molecule has 10 heavy (non-hydrogen) atoms. The molecule has 0 aromatic carbocycles. The van der Waals surface area contributed by atoms with E-state index in [0.29, 0.717) is 0 Å². The number of hydrogen-bond acceptors (Lipinski definition) is 2. The van der Waals surface area contributed by atoms with Gasteiger partial charge in [0.2, 0.25) is 0 Å². The van der Waals surface area contributed by atoms with Crippen LogP contribution in [0.4, 0.5) is 13.2 Å². The van der Waals surface area contributed by atoms with Crippen molar-refractivity contribution in [1.82, 2.24) is 9.94 Å². The van der Waals surface area contributed by atoms with E-state index in [4.69, 9.17) is 0 Å². The van der Waals surface area contributed by atoms with Crippen LogP contribution in [0.25, 0.3) is 0 Å². The minimum atomic E-state index is -4.69. The minimum absolute atomic E-state index is 0.278. The van der Waals surface area contributed by atoms with Gasteiger partial charge in [0, 0.05) is 0 Å². The Hall–Kier alpha value is -1.20. The number of halogens is 3. The van der Waals surface area contributed by atoms with Gasteiger partial charge in [0.25, 0.3) is 0 Å². The molecule has 3 nitrogen and oxygen atoms in total. The van der Waals surface area contributed by atoms with Crippen molar-refractivity contribution in [3.05, 3.63) is 18.5 Å². The smallest absolute Gasteiger partial charge is 0.295 e. The highest BCUT2D eigenvalue weighted by Crippen LogP contribution is 2.11. The lowest BCUT2D eigenvalue weighted by Gasteiger charge is -2.05. The summed E-state index contributed by atoms with van der Waals surface area (Å²) in [5, 5.41) is 3.05. The summed E-state index contributed by atoms with van der Waals surface area (Å²) in [6, 6.07) is 1.20. The molecule has 1 rings (SSSR count). The monoisotopic (exact) mass is 151 g/mol. The summed E-state index contributed by atoms with van der Waals surface area (Å²) in [4.78, 5) is 3.59. The quantitative estimate of drug-likeness (QED) is 0.588. The highest BCUT2D eigenvalue weighted by atomic mass is 19.4. The van der Waals surface area contributed by atoms with E-state index in [2.05, 4.69) is 16.1 Å². The number of hydrogen-bond donors (Lipinski definition) is 0. The average Bonchev–Trinajstić information content (AvgIpc) is 2.12. The van der Waals surface area contributed by atoms with Gasteiger partial charge < -0.3 is 0 Å². The van der Waals surface area contributed by atoms with Gasteiger partial charge in [-0.15, -0.1) is 18.3 Å². The summed E-state index contributed by atoms with van der Waals surface area (Å²) in [5.74, 6) is 0. The topological polar surface area (TPSA) is 27.1 Å². The maximum absolute atomic E-state index is 11.3. The summed E-state index contributed by atoms with van der Waals surface area (Å²) in [7, 11) is 0. The standard InChI is InChI=1S/C4H2F3N2O/c5-4(6,7)10-9-3-1-2-8-9/h1,3H. The van der Waals surface area contributed by atoms with Crippen LogP contribution in [0.1, 0.15) is 0 Å². The Kier molecular flexibility index (Phi) is 1.52. The first-order valence-corrected chi connectivity index (χ1v) is 2.26. The summed E-state index contributed by atoms with van der Waals surface area (Å²) in [5.41, 5.74) is 0. The molecule has 0 aliphatic heterocycles. The third kappa shape index (κ3) is 1.96. The molecule has 1 heterocycles. The van der Waals surface area contributed by atoms with Gasteiger partial charge in [-0.2, -0.15) is 0 Å². The van der Waals surface area contributed by atoms with Crippen LogP contribution >= 0.6 is 0 Å². The third-order valence-electron chi connectivity index (χ3n) is 0.630. The van der Waals surface area contributed by atoms with Crippen molar-refractivity contribution < 1.29 is 18.0 Å². The van der Waals surface area contributed by atoms with Gasteiger partial charge in [0.05, 0.1) is 6.20 Å². The first-order chi connectivity index (χ1) is 4.58. The zero-order valence-electron chi connectivity index (χ0n) is 4.59. The van der Waals surface area contributed by atoms with E-state index < -0.39 is 6.36 Å². The average molecular weight is 151 g/mol. The molecule has 1 aromatic rings. The molecule has 0 spiro atoms. The second kappa shape index (κ2) is 2.20. The second-order valence-corrected chi connectivity index (χ2v) is 1.38. The Morgan fingerprint density at radius 2 is 2.20 bits per heavy atom. The molecular formula is C4H2F3N2O. The summed E-state index contributed by atoms with van der Waals surface area (Å²) in [6.07, 6.45) is -1.56. The fraction of sp³-hybridized carbons (Fsp3) is 0.250. The van der Waals surface area contributed by atoms with Crippen molar-refractivity contribution >= 4 is 0 Å². The lowest BCUT2D eigenvalue weighted by Crippen LogP contribution is -2.27. The van der Waals surface area contributed by atoms with Crippen LogP contribution in [-0.2, 0) is 0 Å². The molecule has 0 saturated carbocycles. The lowest BCUT2D eigenvalue weighted by molar-refractivity contribution is -0.328. The lowest BCUT2D eigenvalue weighted by atomic mass is 10.8. The van der Waals surface area contributed by atoms with E-state index in [1.54, 1.807) is 0 Å². The molecule has 0 unspecified atom stereocenters. The number of nitrogens with zero attached hydrogens (tertiary/aromatic N) is 2. The molecule has 1 radical (unpaired) electrons. The molecule has 0 N–H and O–H groups in total. The molecule has 0 aliphatic carbocycles. The molecule has 1 aromatic heterocycles. The minimum Gasteiger partial charge on any atom is -0.295 e. The molecule has 0 aliphatic rings. The largest absolute Gasteiger partial charge is 0.593 e. The van der Waals surface area contributed by atoms with Crippen LogP contribution in [0, 0.1) is 6.20 Å². The van der Waals surface area contributed by atoms with Crippen LogP contribution in [-0.4, -0.2) is 16.3 Å². The van der Waals surface area contributed by atoms with Gasteiger partial charge in [-0.25, -0.2) is 0 Å². The molecule has 0 saturated heterocycles. The molecule has 0 atom stereocenters.